The van der Waals surface area contributed by atoms with Gasteiger partial charge in [-0.25, -0.2) is 0 Å². The normalized spacial score (nSPS) is 18.4. The Morgan fingerprint density at radius 1 is 0.507 bits per heavy atom. The van der Waals surface area contributed by atoms with Gasteiger partial charge in [0.15, 0.2) is 0 Å². The number of anilines is 6. The number of aryl methyl sites for hydroxylation is 1. The van der Waals surface area contributed by atoms with Gasteiger partial charge < -0.3 is 18.6 Å². The standard InChI is InChI=1S/C62H61BN2O2/c1-35(2)37-19-22-47-49(30-37)65(48-17-14-18-52-55(48)41-29-38-15-12-13-16-39(38)31-53(41)66-52)51-28-36(3)27-50-56(51)63(47)58-57(42-33-45-46(34-54(42)67-58)62(10,11)26-25-61(45,8)9)64(50)40-20-21-43-44(32-40)60(6,7)24-23-59(43,4)5/h12-22,27-35H,23-26H2,1-11H3. The Morgan fingerprint density at radius 2 is 1.13 bits per heavy atom. The molecule has 4 nitrogen and oxygen atoms in total. The summed E-state index contributed by atoms with van der Waals surface area (Å²) in [7, 11) is 0. The lowest BCUT2D eigenvalue weighted by atomic mass is 9.35. The molecule has 67 heavy (non-hydrogen) atoms. The summed E-state index contributed by atoms with van der Waals surface area (Å²) in [6.45, 7) is 26.3. The SMILES string of the molecule is Cc1cc2c3c(c1)N(c1cccc4oc5cc6ccccc6cc5c14)c1cc(C(C)C)ccc1B3c1oc3cc4c(cc3c1N2c1ccc2c(c1)C(C)(C)CCC2(C)C)C(C)(C)CCC4(C)C. The van der Waals surface area contributed by atoms with Gasteiger partial charge in [-0.15, -0.1) is 0 Å². The summed E-state index contributed by atoms with van der Waals surface area (Å²) in [6.07, 6.45) is 4.64. The fourth-order valence-corrected chi connectivity index (χ4v) is 13.0. The summed E-state index contributed by atoms with van der Waals surface area (Å²) in [6, 6.07) is 44.3. The van der Waals surface area contributed by atoms with E-state index in [4.69, 9.17) is 8.83 Å². The average Bonchev–Trinajstić information content (AvgIpc) is 3.85. The molecule has 0 radical (unpaired) electrons. The van der Waals surface area contributed by atoms with Gasteiger partial charge in [0.25, 0.3) is 6.71 Å². The van der Waals surface area contributed by atoms with E-state index in [9.17, 15) is 0 Å². The van der Waals surface area contributed by atoms with Gasteiger partial charge in [0.1, 0.15) is 16.7 Å². The van der Waals surface area contributed by atoms with E-state index in [1.165, 1.54) is 95.3 Å². The van der Waals surface area contributed by atoms with E-state index in [0.717, 1.165) is 58.1 Å². The van der Waals surface area contributed by atoms with E-state index in [0.29, 0.717) is 5.92 Å². The van der Waals surface area contributed by atoms with Crippen LogP contribution < -0.4 is 26.4 Å². The van der Waals surface area contributed by atoms with E-state index in [-0.39, 0.29) is 28.4 Å². The van der Waals surface area contributed by atoms with E-state index >= 15 is 0 Å². The van der Waals surface area contributed by atoms with Crippen molar-refractivity contribution in [2.75, 3.05) is 9.80 Å². The molecular formula is C62H61BN2O2. The van der Waals surface area contributed by atoms with Crippen molar-refractivity contribution < 1.29 is 8.83 Å². The molecule has 0 atom stereocenters. The highest BCUT2D eigenvalue weighted by Crippen LogP contribution is 2.54. The fourth-order valence-electron chi connectivity index (χ4n) is 13.0. The molecule has 0 spiro atoms. The lowest BCUT2D eigenvalue weighted by Crippen LogP contribution is -2.61. The molecule has 0 amide bonds. The zero-order valence-corrected chi connectivity index (χ0v) is 41.2. The maximum absolute atomic E-state index is 7.59. The molecule has 13 rings (SSSR count). The van der Waals surface area contributed by atoms with Crippen LogP contribution in [0.15, 0.2) is 124 Å². The summed E-state index contributed by atoms with van der Waals surface area (Å²) >= 11 is 0. The Kier molecular flexibility index (Phi) is 8.26. The van der Waals surface area contributed by atoms with Crippen LogP contribution in [0.2, 0.25) is 0 Å². The van der Waals surface area contributed by atoms with Crippen molar-refractivity contribution in [1.82, 2.24) is 0 Å². The molecule has 2 aromatic heterocycles. The molecule has 0 unspecified atom stereocenters. The van der Waals surface area contributed by atoms with Crippen molar-refractivity contribution in [3.8, 4) is 0 Å². The lowest BCUT2D eigenvalue weighted by molar-refractivity contribution is 0.332. The minimum absolute atomic E-state index is 0.0432. The van der Waals surface area contributed by atoms with Crippen LogP contribution in [-0.4, -0.2) is 6.71 Å². The van der Waals surface area contributed by atoms with Gasteiger partial charge in [0.2, 0.25) is 0 Å². The number of hydrogen-bond donors (Lipinski definition) is 0. The Morgan fingerprint density at radius 3 is 1.84 bits per heavy atom. The van der Waals surface area contributed by atoms with Gasteiger partial charge in [-0.05, 0) is 182 Å². The number of nitrogens with zero attached hydrogens (tertiary/aromatic N) is 2. The van der Waals surface area contributed by atoms with Crippen LogP contribution in [0.25, 0.3) is 43.7 Å². The average molecular weight is 877 g/mol. The molecule has 0 N–H and O–H groups in total. The maximum atomic E-state index is 7.59. The van der Waals surface area contributed by atoms with Crippen molar-refractivity contribution in [3.63, 3.8) is 0 Å². The van der Waals surface area contributed by atoms with Gasteiger partial charge in [0, 0.05) is 33.5 Å². The van der Waals surface area contributed by atoms with E-state index in [1.54, 1.807) is 0 Å². The van der Waals surface area contributed by atoms with Crippen molar-refractivity contribution in [3.05, 3.63) is 149 Å². The van der Waals surface area contributed by atoms with Gasteiger partial charge in [0.05, 0.1) is 22.4 Å². The van der Waals surface area contributed by atoms with Gasteiger partial charge >= 0.3 is 0 Å². The molecule has 334 valence electrons. The minimum Gasteiger partial charge on any atom is -0.468 e. The van der Waals surface area contributed by atoms with Crippen molar-refractivity contribution in [1.29, 1.82) is 0 Å². The summed E-state index contributed by atoms with van der Waals surface area (Å²) in [5.74, 6) is 0.346. The third-order valence-electron chi connectivity index (χ3n) is 17.1. The van der Waals surface area contributed by atoms with Crippen LogP contribution in [-0.2, 0) is 21.7 Å². The van der Waals surface area contributed by atoms with Gasteiger partial charge in [-0.3, -0.25) is 0 Å². The quantitative estimate of drug-likeness (QED) is 0.166. The van der Waals surface area contributed by atoms with Crippen LogP contribution >= 0.6 is 0 Å². The summed E-state index contributed by atoms with van der Waals surface area (Å²) in [5.41, 5.74) is 22.0. The first-order valence-corrected chi connectivity index (χ1v) is 24.9. The third kappa shape index (κ3) is 5.73. The number of benzene rings is 7. The molecule has 2 aliphatic heterocycles. The molecule has 7 aromatic carbocycles. The predicted octanol–water partition coefficient (Wildman–Crippen LogP) is 15.7. The molecule has 4 aliphatic rings. The molecule has 0 bridgehead atoms. The number of rotatable bonds is 3. The molecular weight excluding hydrogens is 816 g/mol. The topological polar surface area (TPSA) is 32.8 Å². The Hall–Kier alpha value is -6.20. The van der Waals surface area contributed by atoms with E-state index in [1.807, 2.05) is 0 Å². The van der Waals surface area contributed by atoms with Crippen molar-refractivity contribution in [2.24, 2.45) is 0 Å². The highest BCUT2D eigenvalue weighted by Gasteiger charge is 2.49. The van der Waals surface area contributed by atoms with Crippen LogP contribution in [0, 0.1) is 6.92 Å². The highest BCUT2D eigenvalue weighted by molar-refractivity contribution is 7.00. The number of hydrogen-bond acceptors (Lipinski definition) is 4. The van der Waals surface area contributed by atoms with E-state index < -0.39 is 0 Å². The Balaban J connectivity index is 1.15. The lowest BCUT2D eigenvalue weighted by Gasteiger charge is -2.44. The molecule has 5 heteroatoms. The van der Waals surface area contributed by atoms with Crippen LogP contribution in [0.4, 0.5) is 34.1 Å². The smallest absolute Gasteiger partial charge is 0.297 e. The van der Waals surface area contributed by atoms with Gasteiger partial charge in [-0.1, -0.05) is 118 Å². The first-order valence-electron chi connectivity index (χ1n) is 24.9. The maximum Gasteiger partial charge on any atom is 0.297 e. The van der Waals surface area contributed by atoms with Crippen LogP contribution in [0.1, 0.15) is 134 Å². The minimum atomic E-state index is -0.132. The van der Waals surface area contributed by atoms with Gasteiger partial charge in [-0.2, -0.15) is 0 Å². The van der Waals surface area contributed by atoms with Crippen molar-refractivity contribution in [2.45, 2.75) is 129 Å². The predicted molar refractivity (Wildman–Crippen MR) is 284 cm³/mol. The molecule has 2 aliphatic carbocycles. The Labute approximate surface area is 396 Å². The summed E-state index contributed by atoms with van der Waals surface area (Å²) in [5, 5.41) is 5.85. The fraction of sp³-hybridized carbons (Fsp3) is 0.323. The first-order chi connectivity index (χ1) is 31.9. The molecule has 0 saturated heterocycles. The second-order valence-corrected chi connectivity index (χ2v) is 23.7. The summed E-state index contributed by atoms with van der Waals surface area (Å²) < 4.78 is 14.4. The number of furan rings is 2. The molecule has 9 aromatic rings. The zero-order valence-electron chi connectivity index (χ0n) is 41.2. The van der Waals surface area contributed by atoms with Crippen molar-refractivity contribution >= 4 is 101 Å². The molecule has 0 fully saturated rings. The zero-order chi connectivity index (χ0) is 46.3. The second kappa shape index (κ2) is 13.5. The number of fused-ring (bicyclic) bond motifs is 12. The summed E-state index contributed by atoms with van der Waals surface area (Å²) in [4.78, 5) is 5.19. The Bertz CT molecular complexity index is 3610. The molecule has 0 saturated carbocycles. The first kappa shape index (κ1) is 41.0. The third-order valence-corrected chi connectivity index (χ3v) is 17.1. The van der Waals surface area contributed by atoms with E-state index in [2.05, 4.69) is 201 Å². The second-order valence-electron chi connectivity index (χ2n) is 23.7. The van der Waals surface area contributed by atoms with Crippen LogP contribution in [0.5, 0.6) is 0 Å². The largest absolute Gasteiger partial charge is 0.468 e. The van der Waals surface area contributed by atoms with Crippen LogP contribution in [0.3, 0.4) is 0 Å². The monoisotopic (exact) mass is 876 g/mol. The molecule has 4 heterocycles. The highest BCUT2D eigenvalue weighted by atomic mass is 16.3.